The van der Waals surface area contributed by atoms with Gasteiger partial charge in [0.15, 0.2) is 0 Å². The maximum atomic E-state index is 4.90. The van der Waals surface area contributed by atoms with Crippen LogP contribution in [0.4, 0.5) is 0 Å². The summed E-state index contributed by atoms with van der Waals surface area (Å²) >= 11 is 0. The molecule has 0 bridgehead atoms. The number of benzene rings is 6. The third kappa shape index (κ3) is 3.73. The van der Waals surface area contributed by atoms with Crippen LogP contribution in [0.2, 0.25) is 0 Å². The molecule has 11 rings (SSSR count). The Kier molecular flexibility index (Phi) is 5.57. The normalized spacial score (nSPS) is 12.0. The van der Waals surface area contributed by atoms with Gasteiger partial charge in [0.1, 0.15) is 18.0 Å². The average Bonchev–Trinajstić information content (AvgIpc) is 3.96. The molecule has 0 fully saturated rings. The van der Waals surface area contributed by atoms with Crippen molar-refractivity contribution in [2.75, 3.05) is 0 Å². The Morgan fingerprint density at radius 3 is 1.22 bits per heavy atom. The van der Waals surface area contributed by atoms with Crippen molar-refractivity contribution < 1.29 is 0 Å². The van der Waals surface area contributed by atoms with Gasteiger partial charge in [-0.25, -0.2) is 9.97 Å². The predicted octanol–water partition coefficient (Wildman–Crippen LogP) is 10.6. The minimum Gasteiger partial charge on any atom is -0.317 e. The molecule has 5 heterocycles. The van der Waals surface area contributed by atoms with Gasteiger partial charge in [-0.1, -0.05) is 72.8 Å². The van der Waals surface area contributed by atoms with Crippen molar-refractivity contribution in [1.29, 1.82) is 0 Å². The molecule has 0 spiro atoms. The van der Waals surface area contributed by atoms with Crippen molar-refractivity contribution in [3.8, 4) is 23.0 Å². The summed E-state index contributed by atoms with van der Waals surface area (Å²) in [5, 5.41) is 7.25. The molecule has 0 saturated carbocycles. The Bertz CT molecular complexity index is 2880. The summed E-state index contributed by atoms with van der Waals surface area (Å²) in [4.78, 5) is 9.80. The van der Waals surface area contributed by atoms with Crippen LogP contribution in [0, 0.1) is 0 Å². The number of aromatic nitrogens is 6. The van der Waals surface area contributed by atoms with E-state index in [1.165, 1.54) is 43.4 Å². The highest BCUT2D eigenvalue weighted by Gasteiger charge is 2.20. The number of para-hydroxylation sites is 4. The molecular weight excluding hydrogens is 613 g/mol. The van der Waals surface area contributed by atoms with Crippen molar-refractivity contribution in [3.05, 3.63) is 170 Å². The molecule has 0 radical (unpaired) electrons. The maximum absolute atomic E-state index is 4.90. The van der Waals surface area contributed by atoms with Crippen LogP contribution in [-0.2, 0) is 0 Å². The number of nitrogens with zero attached hydrogens (tertiary/aromatic N) is 6. The summed E-state index contributed by atoms with van der Waals surface area (Å²) in [6, 6.07) is 53.8. The van der Waals surface area contributed by atoms with Gasteiger partial charge in [0, 0.05) is 62.2 Å². The van der Waals surface area contributed by atoms with E-state index >= 15 is 0 Å². The molecule has 0 aliphatic rings. The van der Waals surface area contributed by atoms with E-state index in [1.54, 1.807) is 6.33 Å². The quantitative estimate of drug-likeness (QED) is 0.192. The van der Waals surface area contributed by atoms with E-state index in [9.17, 15) is 0 Å². The Hall–Kier alpha value is -6.92. The van der Waals surface area contributed by atoms with Gasteiger partial charge in [-0.3, -0.25) is 9.13 Å². The van der Waals surface area contributed by atoms with Gasteiger partial charge in [0.25, 0.3) is 0 Å². The molecular formula is C44H28N6. The number of hydrogen-bond donors (Lipinski definition) is 0. The molecule has 0 amide bonds. The monoisotopic (exact) mass is 640 g/mol. The molecule has 50 heavy (non-hydrogen) atoms. The van der Waals surface area contributed by atoms with E-state index in [2.05, 4.69) is 182 Å². The second kappa shape index (κ2) is 10.3. The highest BCUT2D eigenvalue weighted by molar-refractivity contribution is 6.22. The van der Waals surface area contributed by atoms with Gasteiger partial charge in [-0.05, 0) is 72.8 Å². The summed E-state index contributed by atoms with van der Waals surface area (Å²) in [6.45, 7) is 0. The minimum atomic E-state index is 0.824. The molecule has 6 aromatic carbocycles. The zero-order valence-corrected chi connectivity index (χ0v) is 26.8. The predicted molar refractivity (Wildman–Crippen MR) is 204 cm³/mol. The largest absolute Gasteiger partial charge is 0.317 e. The van der Waals surface area contributed by atoms with Gasteiger partial charge in [-0.15, -0.1) is 0 Å². The number of rotatable bonds is 4. The van der Waals surface area contributed by atoms with Crippen LogP contribution in [0.25, 0.3) is 88.4 Å². The van der Waals surface area contributed by atoms with Crippen LogP contribution in [0.1, 0.15) is 0 Å². The van der Waals surface area contributed by atoms with Crippen molar-refractivity contribution in [3.63, 3.8) is 0 Å². The van der Waals surface area contributed by atoms with Crippen LogP contribution in [0.5, 0.6) is 0 Å². The molecule has 6 heteroatoms. The van der Waals surface area contributed by atoms with Gasteiger partial charge in [0.2, 0.25) is 0 Å². The second-order valence-corrected chi connectivity index (χ2v) is 12.8. The lowest BCUT2D eigenvalue weighted by molar-refractivity contribution is 0.987. The summed E-state index contributed by atoms with van der Waals surface area (Å²) < 4.78 is 9.08. The van der Waals surface area contributed by atoms with Crippen LogP contribution in [0.15, 0.2) is 170 Å². The smallest absolute Gasteiger partial charge is 0.143 e. The van der Waals surface area contributed by atoms with Crippen molar-refractivity contribution in [1.82, 2.24) is 28.2 Å². The lowest BCUT2D eigenvalue weighted by atomic mass is 10.1. The zero-order chi connectivity index (χ0) is 32.8. The third-order valence-corrected chi connectivity index (χ3v) is 10.2. The van der Waals surface area contributed by atoms with Crippen molar-refractivity contribution in [2.24, 2.45) is 0 Å². The van der Waals surface area contributed by atoms with E-state index < -0.39 is 0 Å². The van der Waals surface area contributed by atoms with Crippen molar-refractivity contribution >= 4 is 65.4 Å². The van der Waals surface area contributed by atoms with Crippen LogP contribution in [-0.4, -0.2) is 28.2 Å². The highest BCUT2D eigenvalue weighted by Crippen LogP contribution is 2.40. The first-order valence-electron chi connectivity index (χ1n) is 16.8. The summed E-state index contributed by atoms with van der Waals surface area (Å²) in [6.07, 6.45) is 6.03. The fourth-order valence-electron chi connectivity index (χ4n) is 8.07. The fraction of sp³-hybridized carbons (Fsp3) is 0. The Balaban J connectivity index is 1.14. The summed E-state index contributed by atoms with van der Waals surface area (Å²) in [5.74, 6) is 1.65. The number of fused-ring (bicyclic) bond motifs is 10. The summed E-state index contributed by atoms with van der Waals surface area (Å²) in [7, 11) is 0. The Morgan fingerprint density at radius 1 is 0.340 bits per heavy atom. The molecule has 0 aliphatic heterocycles. The number of hydrogen-bond acceptors (Lipinski definition) is 2. The Morgan fingerprint density at radius 2 is 0.740 bits per heavy atom. The first-order chi connectivity index (χ1) is 24.8. The third-order valence-electron chi connectivity index (χ3n) is 10.2. The van der Waals surface area contributed by atoms with E-state index in [0.717, 1.165) is 45.1 Å². The Labute approximate surface area is 286 Å². The zero-order valence-electron chi connectivity index (χ0n) is 26.8. The topological polar surface area (TPSA) is 45.5 Å². The average molecular weight is 641 g/mol. The first-order valence-corrected chi connectivity index (χ1v) is 16.8. The fourth-order valence-corrected chi connectivity index (χ4v) is 8.07. The van der Waals surface area contributed by atoms with E-state index in [-0.39, 0.29) is 0 Å². The van der Waals surface area contributed by atoms with Gasteiger partial charge >= 0.3 is 0 Å². The standard InChI is InChI=1S/C44H28N6/c1-3-11-29(12-4-1)47-25-23-33-35(47)19-21-39-43(33)31-15-7-9-17-37(31)49(39)41-27-42(46-28-45-41)50-38-18-10-8-16-32(38)44-34-24-26-48(30-13-5-2-6-14-30)36(34)20-22-40(44)50/h1-28H. The van der Waals surface area contributed by atoms with Crippen LogP contribution >= 0.6 is 0 Å². The van der Waals surface area contributed by atoms with Gasteiger partial charge in [0.05, 0.1) is 33.1 Å². The lowest BCUT2D eigenvalue weighted by Crippen LogP contribution is -2.03. The molecule has 5 aromatic heterocycles. The second-order valence-electron chi connectivity index (χ2n) is 12.8. The van der Waals surface area contributed by atoms with Gasteiger partial charge < -0.3 is 9.13 Å². The first kappa shape index (κ1) is 27.1. The van der Waals surface area contributed by atoms with Gasteiger partial charge in [-0.2, -0.15) is 0 Å². The van der Waals surface area contributed by atoms with Crippen molar-refractivity contribution in [2.45, 2.75) is 0 Å². The molecule has 234 valence electrons. The highest BCUT2D eigenvalue weighted by atomic mass is 15.1. The maximum Gasteiger partial charge on any atom is 0.143 e. The molecule has 0 atom stereocenters. The molecule has 6 nitrogen and oxygen atoms in total. The SMILES string of the molecule is c1ccc(-n2ccc3c4c5ccccc5n(-c5cc(-n6c7ccccc7c7c8ccn(-c9ccccc9)c8ccc76)ncn5)c4ccc32)cc1. The minimum absolute atomic E-state index is 0.824. The van der Waals surface area contributed by atoms with Crippen LogP contribution < -0.4 is 0 Å². The van der Waals surface area contributed by atoms with Crippen LogP contribution in [0.3, 0.4) is 0 Å². The molecule has 0 aliphatic carbocycles. The summed E-state index contributed by atoms with van der Waals surface area (Å²) in [5.41, 5.74) is 9.08. The van der Waals surface area contributed by atoms with E-state index in [0.29, 0.717) is 0 Å². The molecule has 11 aromatic rings. The molecule has 0 unspecified atom stereocenters. The molecule has 0 saturated heterocycles. The van der Waals surface area contributed by atoms with E-state index in [4.69, 9.17) is 9.97 Å². The lowest BCUT2D eigenvalue weighted by Gasteiger charge is -2.11. The van der Waals surface area contributed by atoms with E-state index in [1.807, 2.05) is 0 Å². The molecule has 0 N–H and O–H groups in total.